The first-order chi connectivity index (χ1) is 14.7. The Morgan fingerprint density at radius 1 is 0.697 bits per heavy atom. The number of carbonyl (C=O) groups is 1. The van der Waals surface area contributed by atoms with E-state index >= 15 is 0 Å². The Morgan fingerprint density at radius 2 is 1.12 bits per heavy atom. The van der Waals surface area contributed by atoms with E-state index in [0.29, 0.717) is 6.54 Å². The molecule has 1 aliphatic heterocycles. The van der Waals surface area contributed by atoms with Crippen LogP contribution in [-0.2, 0) is 27.2 Å². The molecular weight excluding hydrogens is 487 g/mol. The third kappa shape index (κ3) is 12.1. The quantitative estimate of drug-likeness (QED) is 0.274. The third-order valence-electron chi connectivity index (χ3n) is 4.52. The van der Waals surface area contributed by atoms with Crippen LogP contribution in [0.4, 0.5) is 0 Å². The molecule has 1 unspecified atom stereocenters. The predicted octanol–water partition coefficient (Wildman–Crippen LogP) is 5.14. The maximum atomic E-state index is 13.4. The van der Waals surface area contributed by atoms with Crippen molar-refractivity contribution in [2.75, 3.05) is 6.54 Å². The van der Waals surface area contributed by atoms with Crippen molar-refractivity contribution in [1.29, 1.82) is 0 Å². The molecule has 1 saturated heterocycles. The lowest BCUT2D eigenvalue weighted by Gasteiger charge is -2.51. The van der Waals surface area contributed by atoms with Gasteiger partial charge in [0.05, 0.1) is 0 Å². The molecule has 0 bridgehead atoms. The van der Waals surface area contributed by atoms with E-state index in [0.717, 1.165) is 12.8 Å². The van der Waals surface area contributed by atoms with Crippen molar-refractivity contribution in [3.63, 3.8) is 0 Å². The second-order valence-corrected chi connectivity index (χ2v) is 30.7. The van der Waals surface area contributed by atoms with Gasteiger partial charge < -0.3 is 27.8 Å². The van der Waals surface area contributed by atoms with Crippen LogP contribution in [0.3, 0.4) is 0 Å². The fourth-order valence-electron chi connectivity index (χ4n) is 3.57. The van der Waals surface area contributed by atoms with Gasteiger partial charge in [0, 0.05) is 6.54 Å². The molecule has 1 N–H and O–H groups in total. The highest BCUT2D eigenvalue weighted by atomic mass is 28.4. The van der Waals surface area contributed by atoms with Gasteiger partial charge in [0.25, 0.3) is 5.91 Å². The summed E-state index contributed by atoms with van der Waals surface area (Å²) in [7, 11) is -8.08. The van der Waals surface area contributed by atoms with Gasteiger partial charge in [-0.05, 0) is 85.0 Å². The van der Waals surface area contributed by atoms with Crippen LogP contribution in [-0.4, -0.2) is 76.4 Å². The van der Waals surface area contributed by atoms with E-state index in [1.165, 1.54) is 0 Å². The van der Waals surface area contributed by atoms with Gasteiger partial charge in [-0.15, -0.1) is 0 Å². The first-order valence-electron chi connectivity index (χ1n) is 12.4. The number of rotatable bonds is 12. The normalized spacial score (nSPS) is 27.5. The van der Waals surface area contributed by atoms with Gasteiger partial charge >= 0.3 is 0 Å². The molecule has 0 aromatic heterocycles. The molecule has 0 aromatic carbocycles. The maximum absolute atomic E-state index is 13.4. The Labute approximate surface area is 207 Å². The van der Waals surface area contributed by atoms with Crippen molar-refractivity contribution < 1.29 is 27.2 Å². The SMILES string of the molecule is CCCCNC(=O)[C@H]1OC(O[Si](C)(C)C)[C@H](O[Si](C)(C)C)[C@@H](O[Si](C)(C)C)[C@@H]1O[Si](C)(C)C. The van der Waals surface area contributed by atoms with E-state index in [4.69, 9.17) is 22.4 Å². The molecule has 1 fully saturated rings. The number of carbonyl (C=O) groups excluding carboxylic acids is 1. The molecule has 1 aliphatic rings. The molecular formula is C22H51NO6Si4. The first kappa shape index (κ1) is 31.2. The smallest absolute Gasteiger partial charge is 0.252 e. The number of hydrogen-bond acceptors (Lipinski definition) is 6. The van der Waals surface area contributed by atoms with Crippen LogP contribution in [0.25, 0.3) is 0 Å². The minimum Gasteiger partial charge on any atom is -0.409 e. The summed E-state index contributed by atoms with van der Waals surface area (Å²) < 4.78 is 33.0. The lowest BCUT2D eigenvalue weighted by molar-refractivity contribution is -0.258. The van der Waals surface area contributed by atoms with Crippen LogP contribution >= 0.6 is 0 Å². The highest BCUT2D eigenvalue weighted by Gasteiger charge is 2.54. The van der Waals surface area contributed by atoms with E-state index in [1.807, 2.05) is 0 Å². The number of unbranched alkanes of at least 4 members (excludes halogenated alkanes) is 1. The summed E-state index contributed by atoms with van der Waals surface area (Å²) in [6, 6.07) is 0. The summed E-state index contributed by atoms with van der Waals surface area (Å²) in [5.74, 6) is -0.161. The summed E-state index contributed by atoms with van der Waals surface area (Å²) in [6.07, 6.45) is -0.986. The number of ether oxygens (including phenoxy) is 1. The molecule has 1 amide bonds. The molecule has 7 nitrogen and oxygen atoms in total. The van der Waals surface area contributed by atoms with Crippen LogP contribution < -0.4 is 5.32 Å². The average Bonchev–Trinajstić information content (AvgIpc) is 2.55. The Bertz CT molecular complexity index is 624. The number of hydrogen-bond donors (Lipinski definition) is 1. The molecule has 0 aromatic rings. The lowest BCUT2D eigenvalue weighted by Crippen LogP contribution is -2.68. The summed E-state index contributed by atoms with van der Waals surface area (Å²) in [5.41, 5.74) is 0. The van der Waals surface area contributed by atoms with Crippen molar-refractivity contribution in [3.8, 4) is 0 Å². The Hall–Kier alpha value is 0.138. The van der Waals surface area contributed by atoms with Crippen molar-refractivity contribution in [1.82, 2.24) is 5.32 Å². The Balaban J connectivity index is 3.52. The zero-order valence-corrected chi connectivity index (χ0v) is 27.5. The van der Waals surface area contributed by atoms with Crippen LogP contribution in [0.5, 0.6) is 0 Å². The van der Waals surface area contributed by atoms with Crippen LogP contribution in [0, 0.1) is 0 Å². The maximum Gasteiger partial charge on any atom is 0.252 e. The molecule has 11 heteroatoms. The topological polar surface area (TPSA) is 75.3 Å². The molecule has 0 spiro atoms. The second kappa shape index (κ2) is 11.9. The number of amides is 1. The molecule has 0 radical (unpaired) electrons. The molecule has 196 valence electrons. The van der Waals surface area contributed by atoms with Gasteiger partial charge in [-0.25, -0.2) is 0 Å². The molecule has 0 saturated carbocycles. The fourth-order valence-corrected chi connectivity index (χ4v) is 7.67. The van der Waals surface area contributed by atoms with Crippen molar-refractivity contribution in [2.24, 2.45) is 0 Å². The van der Waals surface area contributed by atoms with Crippen LogP contribution in [0.1, 0.15) is 19.8 Å². The zero-order valence-electron chi connectivity index (χ0n) is 23.5. The van der Waals surface area contributed by atoms with E-state index in [2.05, 4.69) is 90.8 Å². The zero-order chi connectivity index (χ0) is 25.8. The molecule has 0 aliphatic carbocycles. The van der Waals surface area contributed by atoms with Gasteiger partial charge in [-0.3, -0.25) is 4.79 Å². The fraction of sp³-hybridized carbons (Fsp3) is 0.955. The Morgan fingerprint density at radius 3 is 1.55 bits per heavy atom. The van der Waals surface area contributed by atoms with Gasteiger partial charge in [-0.1, -0.05) is 13.3 Å². The molecule has 33 heavy (non-hydrogen) atoms. The second-order valence-electron chi connectivity index (χ2n) is 12.9. The van der Waals surface area contributed by atoms with Gasteiger partial charge in [0.2, 0.25) is 0 Å². The Kier molecular flexibility index (Phi) is 11.3. The highest BCUT2D eigenvalue weighted by Crippen LogP contribution is 2.35. The van der Waals surface area contributed by atoms with Crippen molar-refractivity contribution >= 4 is 39.2 Å². The first-order valence-corrected chi connectivity index (χ1v) is 26.0. The molecule has 5 atom stereocenters. The molecule has 1 rings (SSSR count). The van der Waals surface area contributed by atoms with E-state index in [1.54, 1.807) is 0 Å². The predicted molar refractivity (Wildman–Crippen MR) is 146 cm³/mol. The monoisotopic (exact) mass is 537 g/mol. The largest absolute Gasteiger partial charge is 0.409 e. The standard InChI is InChI=1S/C22H51NO6Si4/c1-14-15-16-23-21(24)19-17(26-30(2,3)4)18(27-31(5,6)7)20(28-32(8,9)10)22(25-19)29-33(11,12)13/h17-20,22H,14-16H2,1-13H3,(H,23,24)/t17-,18-,19-,20+,22?/m0/s1. The average molecular weight is 538 g/mol. The van der Waals surface area contributed by atoms with E-state index in [-0.39, 0.29) is 5.91 Å². The third-order valence-corrected chi connectivity index (χ3v) is 8.40. The van der Waals surface area contributed by atoms with Crippen molar-refractivity contribution in [3.05, 3.63) is 0 Å². The summed E-state index contributed by atoms with van der Waals surface area (Å²) in [5, 5.41) is 3.05. The summed E-state index contributed by atoms with van der Waals surface area (Å²) >= 11 is 0. The summed E-state index contributed by atoms with van der Waals surface area (Å²) in [4.78, 5) is 13.4. The summed E-state index contributed by atoms with van der Waals surface area (Å²) in [6.45, 7) is 28.4. The van der Waals surface area contributed by atoms with E-state index in [9.17, 15) is 4.79 Å². The van der Waals surface area contributed by atoms with Crippen molar-refractivity contribution in [2.45, 2.75) is 129 Å². The van der Waals surface area contributed by atoms with Crippen LogP contribution in [0.15, 0.2) is 0 Å². The number of nitrogens with one attached hydrogen (secondary N) is 1. The highest BCUT2D eigenvalue weighted by molar-refractivity contribution is 6.71. The van der Waals surface area contributed by atoms with Gasteiger partial charge in [0.15, 0.2) is 45.7 Å². The van der Waals surface area contributed by atoms with Crippen LogP contribution in [0.2, 0.25) is 78.6 Å². The molecule has 1 heterocycles. The minimum atomic E-state index is -2.05. The van der Waals surface area contributed by atoms with Gasteiger partial charge in [0.1, 0.15) is 18.3 Å². The van der Waals surface area contributed by atoms with Gasteiger partial charge in [-0.2, -0.15) is 0 Å². The lowest BCUT2D eigenvalue weighted by atomic mass is 9.98. The minimum absolute atomic E-state index is 0.161. The van der Waals surface area contributed by atoms with E-state index < -0.39 is 64.0 Å².